The van der Waals surface area contributed by atoms with E-state index in [-0.39, 0.29) is 6.42 Å². The highest BCUT2D eigenvalue weighted by Gasteiger charge is 2.48. The maximum absolute atomic E-state index is 12.9. The number of rotatable bonds is 30. The van der Waals surface area contributed by atoms with Crippen LogP contribution in [0.5, 0.6) is 0 Å². The van der Waals surface area contributed by atoms with E-state index in [0.29, 0.717) is 12.8 Å². The quantitative estimate of drug-likeness (QED) is 0.0311. The first kappa shape index (κ1) is 46.6. The smallest absolute Gasteiger partial charge is 0.394 e. The van der Waals surface area contributed by atoms with Gasteiger partial charge in [-0.3, -0.25) is 9.35 Å². The SMILES string of the molecule is CCCC/C=C\CCCCCC(O)C(=O)NC(COC1OC(CO)C(O)C(OS(=O)(=O)O)C1O)C(O)/C=C/CCCCCCCCCCCC. The van der Waals surface area contributed by atoms with Crippen LogP contribution in [0.25, 0.3) is 0 Å². The lowest BCUT2D eigenvalue weighted by atomic mass is 9.99. The van der Waals surface area contributed by atoms with Crippen molar-refractivity contribution in [2.45, 2.75) is 185 Å². The molecule has 8 unspecified atom stereocenters. The maximum atomic E-state index is 12.9. The van der Waals surface area contributed by atoms with E-state index in [9.17, 15) is 38.7 Å². The largest absolute Gasteiger partial charge is 0.397 e. The molecule has 13 nitrogen and oxygen atoms in total. The summed E-state index contributed by atoms with van der Waals surface area (Å²) in [5.41, 5.74) is 0. The Hall–Kier alpha value is -1.46. The molecular weight excluding hydrogens is 670 g/mol. The zero-order valence-corrected chi connectivity index (χ0v) is 31.1. The zero-order chi connectivity index (χ0) is 37.2. The Kier molecular flexibility index (Phi) is 26.2. The number of carbonyl (C=O) groups excluding carboxylic acids is 1. The van der Waals surface area contributed by atoms with Gasteiger partial charge < -0.3 is 40.3 Å². The third-order valence-corrected chi connectivity index (χ3v) is 9.30. The monoisotopic (exact) mass is 737 g/mol. The van der Waals surface area contributed by atoms with Gasteiger partial charge in [0, 0.05) is 0 Å². The van der Waals surface area contributed by atoms with Crippen LogP contribution < -0.4 is 5.32 Å². The van der Waals surface area contributed by atoms with Crippen LogP contribution in [0.15, 0.2) is 24.3 Å². The number of ether oxygens (including phenoxy) is 2. The molecule has 1 aliphatic rings. The molecule has 0 radical (unpaired) electrons. The van der Waals surface area contributed by atoms with Gasteiger partial charge in [-0.05, 0) is 38.5 Å². The molecule has 7 N–H and O–H groups in total. The molecule has 1 amide bonds. The third-order valence-electron chi connectivity index (χ3n) is 8.83. The topological polar surface area (TPSA) is 212 Å². The predicted octanol–water partition coefficient (Wildman–Crippen LogP) is 4.40. The van der Waals surface area contributed by atoms with Crippen LogP contribution in [0.4, 0.5) is 0 Å². The Balaban J connectivity index is 2.76. The highest BCUT2D eigenvalue weighted by molar-refractivity contribution is 7.80. The van der Waals surface area contributed by atoms with Crippen molar-refractivity contribution >= 4 is 16.3 Å². The fourth-order valence-electron chi connectivity index (χ4n) is 5.73. The van der Waals surface area contributed by atoms with E-state index in [2.05, 4.69) is 35.5 Å². The molecule has 1 rings (SSSR count). The molecule has 0 aromatic heterocycles. The van der Waals surface area contributed by atoms with Crippen molar-refractivity contribution in [3.8, 4) is 0 Å². The Morgan fingerprint density at radius 3 is 1.92 bits per heavy atom. The molecule has 8 atom stereocenters. The zero-order valence-electron chi connectivity index (χ0n) is 30.3. The molecule has 0 aliphatic carbocycles. The third kappa shape index (κ3) is 21.2. The molecule has 50 heavy (non-hydrogen) atoms. The van der Waals surface area contributed by atoms with Crippen LogP contribution >= 0.6 is 0 Å². The first-order chi connectivity index (χ1) is 23.9. The fourth-order valence-corrected chi connectivity index (χ4v) is 6.24. The summed E-state index contributed by atoms with van der Waals surface area (Å²) in [4.78, 5) is 12.9. The van der Waals surface area contributed by atoms with Crippen molar-refractivity contribution in [2.24, 2.45) is 0 Å². The van der Waals surface area contributed by atoms with Gasteiger partial charge in [0.05, 0.1) is 25.4 Å². The Labute approximate surface area is 300 Å². The summed E-state index contributed by atoms with van der Waals surface area (Å²) < 4.78 is 47.2. The van der Waals surface area contributed by atoms with E-state index < -0.39 is 78.5 Å². The lowest BCUT2D eigenvalue weighted by Crippen LogP contribution is -2.61. The molecule has 294 valence electrons. The van der Waals surface area contributed by atoms with E-state index in [1.54, 1.807) is 0 Å². The lowest BCUT2D eigenvalue weighted by molar-refractivity contribution is -0.298. The minimum absolute atomic E-state index is 0.221. The summed E-state index contributed by atoms with van der Waals surface area (Å²) in [7, 11) is -5.11. The lowest BCUT2D eigenvalue weighted by Gasteiger charge is -2.41. The van der Waals surface area contributed by atoms with Crippen molar-refractivity contribution in [3.05, 3.63) is 24.3 Å². The second-order valence-electron chi connectivity index (χ2n) is 13.3. The Morgan fingerprint density at radius 1 is 0.800 bits per heavy atom. The van der Waals surface area contributed by atoms with E-state index >= 15 is 0 Å². The maximum Gasteiger partial charge on any atom is 0.397 e. The summed E-state index contributed by atoms with van der Waals surface area (Å²) in [6.07, 6.45) is 15.8. The Bertz CT molecular complexity index is 1030. The molecule has 1 saturated heterocycles. The molecule has 0 saturated carbocycles. The fraction of sp³-hybridized carbons (Fsp3) is 0.861. The minimum atomic E-state index is -5.11. The van der Waals surface area contributed by atoms with Gasteiger partial charge in [0.2, 0.25) is 5.91 Å². The van der Waals surface area contributed by atoms with Crippen LogP contribution in [-0.2, 0) is 28.9 Å². The van der Waals surface area contributed by atoms with Gasteiger partial charge in [-0.15, -0.1) is 0 Å². The molecule has 14 heteroatoms. The highest BCUT2D eigenvalue weighted by atomic mass is 32.3. The van der Waals surface area contributed by atoms with Crippen LogP contribution in [0.1, 0.15) is 136 Å². The van der Waals surface area contributed by atoms with Crippen LogP contribution in [-0.4, -0.2) is 107 Å². The highest BCUT2D eigenvalue weighted by Crippen LogP contribution is 2.26. The standard InChI is InChI=1S/C36H67NO12S/c1-3-5-7-9-11-13-14-15-17-18-20-22-24-29(39)28(37-35(43)30(40)25-23-21-19-16-12-10-8-6-4-2)27-47-36-33(42)34(49-50(44,45)46)32(41)31(26-38)48-36/h10,12,22,24,28-34,36,38-42H,3-9,11,13-21,23,25-27H2,1-2H3,(H,37,43)(H,44,45,46)/b12-10-,24-22+. The molecular formula is C36H67NO12S. The number of carbonyl (C=O) groups is 1. The number of amides is 1. The van der Waals surface area contributed by atoms with Gasteiger partial charge in [0.25, 0.3) is 0 Å². The molecule has 1 fully saturated rings. The normalized spacial score (nSPS) is 23.4. The summed E-state index contributed by atoms with van der Waals surface area (Å²) in [6, 6.07) is -1.12. The van der Waals surface area contributed by atoms with Crippen molar-refractivity contribution in [1.29, 1.82) is 0 Å². The minimum Gasteiger partial charge on any atom is -0.394 e. The van der Waals surface area contributed by atoms with Gasteiger partial charge in [0.1, 0.15) is 30.5 Å². The molecule has 0 bridgehead atoms. The predicted molar refractivity (Wildman–Crippen MR) is 191 cm³/mol. The number of aliphatic hydroxyl groups is 5. The van der Waals surface area contributed by atoms with Gasteiger partial charge in [-0.1, -0.05) is 122 Å². The number of hydrogen-bond acceptors (Lipinski definition) is 11. The van der Waals surface area contributed by atoms with E-state index in [0.717, 1.165) is 57.8 Å². The van der Waals surface area contributed by atoms with Gasteiger partial charge >= 0.3 is 10.4 Å². The Morgan fingerprint density at radius 2 is 1.34 bits per heavy atom. The first-order valence-corrected chi connectivity index (χ1v) is 20.2. The van der Waals surface area contributed by atoms with Gasteiger partial charge in [-0.25, -0.2) is 4.18 Å². The number of nitrogens with one attached hydrogen (secondary N) is 1. The summed E-state index contributed by atoms with van der Waals surface area (Å²) in [6.45, 7) is 3.09. The molecule has 0 aromatic carbocycles. The summed E-state index contributed by atoms with van der Waals surface area (Å²) >= 11 is 0. The van der Waals surface area contributed by atoms with E-state index in [1.807, 2.05) is 6.08 Å². The van der Waals surface area contributed by atoms with Crippen LogP contribution in [0.2, 0.25) is 0 Å². The summed E-state index contributed by atoms with van der Waals surface area (Å²) in [5.74, 6) is -0.721. The molecule has 1 aliphatic heterocycles. The number of aliphatic hydroxyl groups excluding tert-OH is 5. The molecule has 0 spiro atoms. The molecule has 1 heterocycles. The van der Waals surface area contributed by atoms with Crippen LogP contribution in [0, 0.1) is 0 Å². The second kappa shape index (κ2) is 28.1. The van der Waals surface area contributed by atoms with Crippen molar-refractivity contribution in [2.75, 3.05) is 13.2 Å². The van der Waals surface area contributed by atoms with Crippen molar-refractivity contribution in [1.82, 2.24) is 5.32 Å². The first-order valence-electron chi connectivity index (χ1n) is 18.8. The average molecular weight is 738 g/mol. The van der Waals surface area contributed by atoms with Gasteiger partial charge in [0.15, 0.2) is 6.29 Å². The number of unbranched alkanes of at least 4 members (excludes halogenated alkanes) is 15. The van der Waals surface area contributed by atoms with Gasteiger partial charge in [-0.2, -0.15) is 8.42 Å². The summed E-state index contributed by atoms with van der Waals surface area (Å²) in [5, 5.41) is 54.7. The second-order valence-corrected chi connectivity index (χ2v) is 14.3. The molecule has 0 aromatic rings. The van der Waals surface area contributed by atoms with Crippen LogP contribution in [0.3, 0.4) is 0 Å². The average Bonchev–Trinajstić information content (AvgIpc) is 3.08. The number of hydrogen-bond donors (Lipinski definition) is 7. The van der Waals surface area contributed by atoms with Crippen molar-refractivity contribution in [3.63, 3.8) is 0 Å². The van der Waals surface area contributed by atoms with E-state index in [4.69, 9.17) is 14.0 Å². The van der Waals surface area contributed by atoms with E-state index in [1.165, 1.54) is 51.0 Å². The van der Waals surface area contributed by atoms with Crippen molar-refractivity contribution < 1.29 is 57.0 Å². The number of allylic oxidation sites excluding steroid dienone is 3.